The lowest BCUT2D eigenvalue weighted by Gasteiger charge is -2.34. The summed E-state index contributed by atoms with van der Waals surface area (Å²) in [5.41, 5.74) is 6.77. The zero-order valence-corrected chi connectivity index (χ0v) is 17.3. The second kappa shape index (κ2) is 13.3. The number of carbonyl (C=O) groups is 2. The monoisotopic (exact) mass is 394 g/mol. The number of likely N-dealkylation sites (N-methyl/N-ethyl adjacent to an activating group) is 1. The number of fused-ring (bicyclic) bond motifs is 1. The molecule has 2 rings (SSSR count). The largest absolute Gasteiger partial charge is 0.477 e. The zero-order valence-electron chi connectivity index (χ0n) is 17.3. The Morgan fingerprint density at radius 1 is 1.25 bits per heavy atom. The first-order valence-electron chi connectivity index (χ1n) is 10.1. The number of carbonyl (C=O) groups excluding carboxylic acids is 1. The van der Waals surface area contributed by atoms with Crippen molar-refractivity contribution in [3.05, 3.63) is 35.1 Å². The number of allylic oxidation sites excluding steroid dienone is 2. The van der Waals surface area contributed by atoms with Crippen LogP contribution in [-0.2, 0) is 19.1 Å². The van der Waals surface area contributed by atoms with E-state index in [1.165, 1.54) is 6.20 Å². The number of nitrogens with two attached hydrogens (primary N) is 1. The molecule has 0 saturated carbocycles. The molecule has 7 nitrogen and oxygen atoms in total. The summed E-state index contributed by atoms with van der Waals surface area (Å²) in [6.07, 6.45) is 7.78. The van der Waals surface area contributed by atoms with Crippen molar-refractivity contribution in [2.24, 2.45) is 5.73 Å². The van der Waals surface area contributed by atoms with Crippen molar-refractivity contribution < 1.29 is 24.2 Å². The standard InChI is InChI=1S/C19H28N2O5.C2H6/c1-2-21-13-16(19(23)24)18(22)15-12-14(4-3-5-17(15)21)6-8-25-10-11-26-9-7-20;1-2/h4,12-13,17H,2-3,5-11,20H2,1H3,(H,23,24);1-2H3. The Labute approximate surface area is 167 Å². The number of rotatable bonds is 10. The number of carboxylic acids is 1. The summed E-state index contributed by atoms with van der Waals surface area (Å²) in [4.78, 5) is 25.9. The third-order valence-corrected chi connectivity index (χ3v) is 4.51. The Kier molecular flexibility index (Phi) is 11.4. The van der Waals surface area contributed by atoms with Crippen LogP contribution >= 0.6 is 0 Å². The summed E-state index contributed by atoms with van der Waals surface area (Å²) in [5, 5.41) is 9.31. The summed E-state index contributed by atoms with van der Waals surface area (Å²) < 4.78 is 10.8. The van der Waals surface area contributed by atoms with Crippen molar-refractivity contribution >= 4 is 11.8 Å². The quantitative estimate of drug-likeness (QED) is 0.433. The molecule has 28 heavy (non-hydrogen) atoms. The summed E-state index contributed by atoms with van der Waals surface area (Å²) >= 11 is 0. The predicted octanol–water partition coefficient (Wildman–Crippen LogP) is 2.28. The first-order valence-corrected chi connectivity index (χ1v) is 10.1. The van der Waals surface area contributed by atoms with Crippen molar-refractivity contribution in [3.8, 4) is 0 Å². The van der Waals surface area contributed by atoms with Crippen molar-refractivity contribution in [3.63, 3.8) is 0 Å². The molecule has 0 radical (unpaired) electrons. The molecule has 158 valence electrons. The van der Waals surface area contributed by atoms with Crippen LogP contribution in [-0.4, -0.2) is 67.3 Å². The van der Waals surface area contributed by atoms with Gasteiger partial charge >= 0.3 is 5.97 Å². The van der Waals surface area contributed by atoms with Crippen LogP contribution in [0.25, 0.3) is 0 Å². The Morgan fingerprint density at radius 2 is 1.93 bits per heavy atom. The van der Waals surface area contributed by atoms with Gasteiger partial charge in [-0.05, 0) is 31.8 Å². The van der Waals surface area contributed by atoms with Crippen LogP contribution in [0.2, 0.25) is 0 Å². The molecule has 0 aromatic carbocycles. The normalized spacial score (nSPS) is 18.9. The molecule has 0 amide bonds. The fraction of sp³-hybridized carbons (Fsp3) is 0.619. The minimum atomic E-state index is -1.18. The van der Waals surface area contributed by atoms with E-state index in [-0.39, 0.29) is 17.4 Å². The van der Waals surface area contributed by atoms with Gasteiger partial charge in [0.15, 0.2) is 5.78 Å². The van der Waals surface area contributed by atoms with Gasteiger partial charge in [-0.15, -0.1) is 0 Å². The average molecular weight is 395 g/mol. The third kappa shape index (κ3) is 6.89. The number of ketones is 1. The number of Topliss-reactive ketones (excluding diaryl/α,β-unsaturated/α-hetero) is 1. The van der Waals surface area contributed by atoms with E-state index < -0.39 is 5.97 Å². The number of hydrogen-bond donors (Lipinski definition) is 2. The molecule has 1 atom stereocenters. The molecule has 1 aliphatic carbocycles. The summed E-state index contributed by atoms with van der Waals surface area (Å²) in [6.45, 7) is 9.18. The van der Waals surface area contributed by atoms with Crippen LogP contribution < -0.4 is 5.73 Å². The highest BCUT2D eigenvalue weighted by Crippen LogP contribution is 2.30. The molecule has 2 aliphatic rings. The second-order valence-electron chi connectivity index (χ2n) is 6.24. The fourth-order valence-electron chi connectivity index (χ4n) is 3.20. The van der Waals surface area contributed by atoms with Crippen LogP contribution in [0.3, 0.4) is 0 Å². The van der Waals surface area contributed by atoms with Crippen LogP contribution in [0.15, 0.2) is 35.1 Å². The molecule has 1 heterocycles. The zero-order chi connectivity index (χ0) is 20.9. The molecule has 7 heteroatoms. The van der Waals surface area contributed by atoms with E-state index in [1.54, 1.807) is 0 Å². The maximum Gasteiger partial charge on any atom is 0.341 e. The third-order valence-electron chi connectivity index (χ3n) is 4.51. The highest BCUT2D eigenvalue weighted by molar-refractivity contribution is 6.24. The smallest absolute Gasteiger partial charge is 0.341 e. The van der Waals surface area contributed by atoms with Crippen LogP contribution in [0, 0.1) is 0 Å². The topological polar surface area (TPSA) is 102 Å². The number of aliphatic carboxylic acids is 1. The number of ether oxygens (including phenoxy) is 2. The first-order chi connectivity index (χ1) is 13.6. The maximum absolute atomic E-state index is 12.6. The number of nitrogens with zero attached hydrogens (tertiary/aromatic N) is 1. The van der Waals surface area contributed by atoms with Crippen LogP contribution in [0.4, 0.5) is 0 Å². The molecule has 0 spiro atoms. The van der Waals surface area contributed by atoms with E-state index in [4.69, 9.17) is 15.2 Å². The highest BCUT2D eigenvalue weighted by Gasteiger charge is 2.35. The molecule has 0 saturated heterocycles. The fourth-order valence-corrected chi connectivity index (χ4v) is 3.20. The Balaban J connectivity index is 0.00000190. The second-order valence-corrected chi connectivity index (χ2v) is 6.24. The predicted molar refractivity (Wildman–Crippen MR) is 109 cm³/mol. The van der Waals surface area contributed by atoms with Crippen LogP contribution in [0.5, 0.6) is 0 Å². The molecular formula is C21H34N2O5. The minimum absolute atomic E-state index is 0.0602. The lowest BCUT2D eigenvalue weighted by atomic mass is 9.90. The summed E-state index contributed by atoms with van der Waals surface area (Å²) in [5.74, 6) is -1.56. The molecule has 0 fully saturated rings. The summed E-state index contributed by atoms with van der Waals surface area (Å²) in [6, 6.07) is -0.0602. The number of hydrogen-bond acceptors (Lipinski definition) is 6. The van der Waals surface area contributed by atoms with E-state index in [1.807, 2.05) is 31.7 Å². The van der Waals surface area contributed by atoms with Gasteiger partial charge in [-0.2, -0.15) is 0 Å². The van der Waals surface area contributed by atoms with Crippen molar-refractivity contribution in [1.82, 2.24) is 4.90 Å². The lowest BCUT2D eigenvalue weighted by molar-refractivity contribution is -0.134. The van der Waals surface area contributed by atoms with Gasteiger partial charge in [-0.1, -0.05) is 26.0 Å². The lowest BCUT2D eigenvalue weighted by Crippen LogP contribution is -2.41. The van der Waals surface area contributed by atoms with E-state index in [0.717, 1.165) is 18.4 Å². The van der Waals surface area contributed by atoms with E-state index >= 15 is 0 Å². The molecule has 0 aromatic rings. The van der Waals surface area contributed by atoms with Gasteiger partial charge in [0.2, 0.25) is 0 Å². The number of carboxylic acid groups (broad SMARTS) is 1. The Bertz CT molecular complexity index is 610. The van der Waals surface area contributed by atoms with E-state index in [9.17, 15) is 14.7 Å². The average Bonchev–Trinajstić information content (AvgIpc) is 2.92. The van der Waals surface area contributed by atoms with Crippen molar-refractivity contribution in [2.75, 3.05) is 39.5 Å². The van der Waals surface area contributed by atoms with Gasteiger partial charge in [-0.25, -0.2) is 4.79 Å². The van der Waals surface area contributed by atoms with E-state index in [0.29, 0.717) is 51.5 Å². The van der Waals surface area contributed by atoms with Gasteiger partial charge in [0.1, 0.15) is 5.57 Å². The minimum Gasteiger partial charge on any atom is -0.477 e. The Hall–Kier alpha value is -1.96. The summed E-state index contributed by atoms with van der Waals surface area (Å²) in [7, 11) is 0. The van der Waals surface area contributed by atoms with Crippen molar-refractivity contribution in [2.45, 2.75) is 46.1 Å². The van der Waals surface area contributed by atoms with Gasteiger partial charge in [0.25, 0.3) is 0 Å². The van der Waals surface area contributed by atoms with Gasteiger partial charge in [0, 0.05) is 24.9 Å². The van der Waals surface area contributed by atoms with E-state index in [2.05, 4.69) is 6.08 Å². The highest BCUT2D eigenvalue weighted by atomic mass is 16.5. The molecule has 0 bridgehead atoms. The van der Waals surface area contributed by atoms with Crippen LogP contribution in [0.1, 0.15) is 40.0 Å². The van der Waals surface area contributed by atoms with Gasteiger partial charge < -0.3 is 25.2 Å². The first kappa shape index (κ1) is 24.1. The Morgan fingerprint density at radius 3 is 2.54 bits per heavy atom. The molecule has 3 N–H and O–H groups in total. The molecular weight excluding hydrogens is 360 g/mol. The molecule has 1 unspecified atom stereocenters. The molecule has 1 aliphatic heterocycles. The van der Waals surface area contributed by atoms with Gasteiger partial charge in [0.05, 0.1) is 32.5 Å². The molecule has 0 aromatic heterocycles. The maximum atomic E-state index is 12.6. The van der Waals surface area contributed by atoms with Gasteiger partial charge in [-0.3, -0.25) is 4.79 Å². The van der Waals surface area contributed by atoms with Crippen molar-refractivity contribution in [1.29, 1.82) is 0 Å². The SMILES string of the molecule is CC.CCN1C=C(C(=O)O)C(=O)C2=CC(CCOCCOCCN)=CCCC21.